The van der Waals surface area contributed by atoms with Gasteiger partial charge in [-0.15, -0.1) is 0 Å². The highest BCUT2D eigenvalue weighted by Gasteiger charge is 2.11. The van der Waals surface area contributed by atoms with E-state index in [0.29, 0.717) is 12.5 Å². The zero-order chi connectivity index (χ0) is 18.2. The third kappa shape index (κ3) is 16.4. The van der Waals surface area contributed by atoms with E-state index < -0.39 is 17.6 Å². The maximum Gasteiger partial charge on any atom is 0.0815 e. The Balaban J connectivity index is 3.48. The van der Waals surface area contributed by atoms with Crippen molar-refractivity contribution in [3.05, 3.63) is 0 Å². The Morgan fingerprint density at radius 3 is 1.33 bits per heavy atom. The lowest BCUT2D eigenvalue weighted by Gasteiger charge is -2.15. The van der Waals surface area contributed by atoms with Gasteiger partial charge < -0.3 is 20.0 Å². The molecule has 0 atom stereocenters. The molecule has 2 N–H and O–H groups in total. The van der Waals surface area contributed by atoms with Crippen LogP contribution in [-0.4, -0.2) is 103 Å². The molecule has 8 heteroatoms. The molecule has 144 valence electrons. The lowest BCUT2D eigenvalue weighted by Crippen LogP contribution is -2.25. The normalized spacial score (nSPS) is 12.2. The summed E-state index contributed by atoms with van der Waals surface area (Å²) in [5, 5.41) is 18.9. The minimum absolute atomic E-state index is 0.426. The zero-order valence-corrected chi connectivity index (χ0v) is 19.7. The zero-order valence-electron chi connectivity index (χ0n) is 16.1. The first-order chi connectivity index (χ1) is 11.5. The number of hydrogen-bond acceptors (Lipinski definition) is 6. The third-order valence-electron chi connectivity index (χ3n) is 3.87. The highest BCUT2D eigenvalue weighted by molar-refractivity contribution is 8.76. The highest BCUT2D eigenvalue weighted by Crippen LogP contribution is 2.25. The van der Waals surface area contributed by atoms with E-state index in [9.17, 15) is 10.2 Å². The van der Waals surface area contributed by atoms with Gasteiger partial charge in [0.1, 0.15) is 0 Å². The molecule has 24 heavy (non-hydrogen) atoms. The topological polar surface area (TPSA) is 46.9 Å². The molecule has 0 amide bonds. The average molecular weight is 411 g/mol. The average Bonchev–Trinajstić information content (AvgIpc) is 2.55. The summed E-state index contributed by atoms with van der Waals surface area (Å²) in [5.41, 5.74) is 0. The second-order valence-corrected chi connectivity index (χ2v) is 15.1. The lowest BCUT2D eigenvalue weighted by atomic mass is 10.6. The Morgan fingerprint density at radius 1 is 0.667 bits per heavy atom. The summed E-state index contributed by atoms with van der Waals surface area (Å²) in [6.45, 7) is 2.22. The summed E-state index contributed by atoms with van der Waals surface area (Å²) in [4.78, 5) is 4.43. The highest BCUT2D eigenvalue weighted by atomic mass is 33.1. The van der Waals surface area contributed by atoms with E-state index >= 15 is 0 Å². The van der Waals surface area contributed by atoms with Crippen LogP contribution in [0.2, 0.25) is 24.2 Å². The van der Waals surface area contributed by atoms with E-state index in [0.717, 1.165) is 13.1 Å². The second-order valence-electron chi connectivity index (χ2n) is 6.77. The molecule has 0 aliphatic carbocycles. The third-order valence-corrected chi connectivity index (χ3v) is 11.3. The van der Waals surface area contributed by atoms with Crippen molar-refractivity contribution in [3.63, 3.8) is 0 Å². The molecule has 0 aromatic heterocycles. The molecular weight excluding hydrogens is 372 g/mol. The van der Waals surface area contributed by atoms with Crippen molar-refractivity contribution in [2.75, 3.05) is 65.2 Å². The van der Waals surface area contributed by atoms with Crippen LogP contribution < -0.4 is 0 Å². The van der Waals surface area contributed by atoms with Gasteiger partial charge in [-0.25, -0.2) is 0 Å². The smallest absolute Gasteiger partial charge is 0.0815 e. The Labute approximate surface area is 161 Å². The molecule has 0 aromatic carbocycles. The van der Waals surface area contributed by atoms with Gasteiger partial charge in [-0.2, -0.15) is 0 Å². The molecule has 0 bridgehead atoms. The summed E-state index contributed by atoms with van der Waals surface area (Å²) >= 11 is 0. The van der Waals surface area contributed by atoms with E-state index in [1.54, 1.807) is 0 Å². The Hall–Kier alpha value is 0.974. The molecule has 0 aliphatic heterocycles. The van der Waals surface area contributed by atoms with Crippen molar-refractivity contribution < 1.29 is 10.2 Å². The Kier molecular flexibility index (Phi) is 18.1. The summed E-state index contributed by atoms with van der Waals surface area (Å²) in [5.74, 6) is 2.42. The van der Waals surface area contributed by atoms with Crippen LogP contribution in [0, 0.1) is 0 Å². The van der Waals surface area contributed by atoms with E-state index in [1.807, 2.05) is 21.6 Å². The molecule has 0 spiro atoms. The molecule has 0 aromatic rings. The van der Waals surface area contributed by atoms with Crippen molar-refractivity contribution in [1.82, 2.24) is 9.80 Å². The number of aliphatic hydroxyl groups excluding tert-OH is 2. The molecule has 4 nitrogen and oxygen atoms in total. The van der Waals surface area contributed by atoms with Crippen molar-refractivity contribution >= 4 is 39.2 Å². The summed E-state index contributed by atoms with van der Waals surface area (Å²) in [6, 6.07) is 4.88. The van der Waals surface area contributed by atoms with Gasteiger partial charge in [0.05, 0.1) is 17.6 Å². The maximum atomic E-state index is 9.46. The Morgan fingerprint density at radius 2 is 1.04 bits per heavy atom. The number of hydrogen-bond donors (Lipinski definition) is 2. The molecule has 0 unspecified atom stereocenters. The van der Waals surface area contributed by atoms with Gasteiger partial charge in [-0.05, 0) is 66.2 Å². The fourth-order valence-corrected chi connectivity index (χ4v) is 8.91. The van der Waals surface area contributed by atoms with Crippen molar-refractivity contribution in [1.29, 1.82) is 0 Å². The van der Waals surface area contributed by atoms with Gasteiger partial charge in [0.2, 0.25) is 0 Å². The molecule has 0 rings (SSSR count). The second kappa shape index (κ2) is 17.4. The predicted molar refractivity (Wildman–Crippen MR) is 116 cm³/mol. The maximum absolute atomic E-state index is 9.46. The van der Waals surface area contributed by atoms with Gasteiger partial charge >= 0.3 is 0 Å². The standard InChI is InChI=1S/C16H38N2O2S2Si2/c1-17(2)7-13-23(15-19)11-5-9-21-22-10-6-12-24(16-20)14-8-18(3)4/h19-20H,5-16H2,1-4H3. The van der Waals surface area contributed by atoms with Crippen LogP contribution in [0.4, 0.5) is 0 Å². The summed E-state index contributed by atoms with van der Waals surface area (Å²) in [7, 11) is 11.3. The van der Waals surface area contributed by atoms with Crippen LogP contribution in [0.5, 0.6) is 0 Å². The van der Waals surface area contributed by atoms with E-state index in [2.05, 4.69) is 38.0 Å². The summed E-state index contributed by atoms with van der Waals surface area (Å²) in [6.07, 6.45) is 3.34. The molecule has 0 saturated carbocycles. The van der Waals surface area contributed by atoms with Crippen LogP contribution in [0.25, 0.3) is 0 Å². The van der Waals surface area contributed by atoms with Crippen LogP contribution >= 0.6 is 21.6 Å². The minimum atomic E-state index is -0.540. The van der Waals surface area contributed by atoms with Crippen LogP contribution in [0.3, 0.4) is 0 Å². The van der Waals surface area contributed by atoms with Crippen molar-refractivity contribution in [2.24, 2.45) is 0 Å². The molecule has 0 saturated heterocycles. The SMILES string of the molecule is CN(C)CC[Si](CO)CCCSSCCC[Si](CO)CCN(C)C. The first-order valence-corrected chi connectivity index (χ1v) is 15.6. The fourth-order valence-electron chi connectivity index (χ4n) is 2.21. The van der Waals surface area contributed by atoms with Gasteiger partial charge in [0.15, 0.2) is 0 Å². The first-order valence-electron chi connectivity index (χ1n) is 8.92. The van der Waals surface area contributed by atoms with Crippen molar-refractivity contribution in [2.45, 2.75) is 37.0 Å². The quantitative estimate of drug-likeness (QED) is 0.218. The van der Waals surface area contributed by atoms with Gasteiger partial charge in [0, 0.05) is 24.0 Å². The van der Waals surface area contributed by atoms with E-state index in [1.165, 1.54) is 48.5 Å². The molecule has 0 heterocycles. The molecule has 0 fully saturated rings. The van der Waals surface area contributed by atoms with Gasteiger partial charge in [-0.3, -0.25) is 0 Å². The molecule has 2 radical (unpaired) electrons. The summed E-state index contributed by atoms with van der Waals surface area (Å²) < 4.78 is 0. The molecular formula is C16H38N2O2S2Si2. The lowest BCUT2D eigenvalue weighted by molar-refractivity contribution is 0.357. The van der Waals surface area contributed by atoms with E-state index in [4.69, 9.17) is 0 Å². The monoisotopic (exact) mass is 410 g/mol. The van der Waals surface area contributed by atoms with Gasteiger partial charge in [0.25, 0.3) is 0 Å². The predicted octanol–water partition coefficient (Wildman–Crippen LogP) is 2.32. The number of nitrogens with zero attached hydrogens (tertiary/aromatic N) is 2. The van der Waals surface area contributed by atoms with E-state index in [-0.39, 0.29) is 0 Å². The van der Waals surface area contributed by atoms with Crippen LogP contribution in [-0.2, 0) is 0 Å². The first kappa shape index (κ1) is 25.0. The number of rotatable bonds is 17. The fraction of sp³-hybridized carbons (Fsp3) is 1.00. The van der Waals surface area contributed by atoms with Crippen molar-refractivity contribution in [3.8, 4) is 0 Å². The molecule has 0 aliphatic rings. The van der Waals surface area contributed by atoms with Gasteiger partial charge in [-0.1, -0.05) is 33.7 Å². The van der Waals surface area contributed by atoms with Crippen LogP contribution in [0.1, 0.15) is 12.8 Å². The minimum Gasteiger partial charge on any atom is -0.400 e. The number of aliphatic hydroxyl groups is 2. The largest absolute Gasteiger partial charge is 0.400 e. The Bertz CT molecular complexity index is 252. The van der Waals surface area contributed by atoms with Crippen LogP contribution in [0.15, 0.2) is 0 Å².